The molecule has 4 N–H and O–H groups in total. The Morgan fingerprint density at radius 3 is 2.94 bits per heavy atom. The zero-order valence-corrected chi connectivity index (χ0v) is 11.0. The molecule has 0 aliphatic rings. The van der Waals surface area contributed by atoms with Crippen LogP contribution in [0.1, 0.15) is 13.3 Å². The maximum absolute atomic E-state index is 11.4. The normalized spacial score (nSPS) is 9.61. The average Bonchev–Trinajstić information content (AvgIpc) is 2.34. The molecule has 1 aromatic rings. The molecular formula is C12H17N3O2S. The SMILES string of the molecule is CCCNC(=O)Nc1cccc(OCC(N)=S)c1. The van der Waals surface area contributed by atoms with Crippen molar-refractivity contribution < 1.29 is 9.53 Å². The predicted molar refractivity (Wildman–Crippen MR) is 76.0 cm³/mol. The maximum Gasteiger partial charge on any atom is 0.319 e. The number of nitrogens with one attached hydrogen (secondary N) is 2. The van der Waals surface area contributed by atoms with Crippen molar-refractivity contribution >= 4 is 28.9 Å². The van der Waals surface area contributed by atoms with Gasteiger partial charge in [0, 0.05) is 18.3 Å². The molecule has 0 saturated carbocycles. The number of nitrogens with two attached hydrogens (primary N) is 1. The van der Waals surface area contributed by atoms with E-state index in [0.29, 0.717) is 18.0 Å². The summed E-state index contributed by atoms with van der Waals surface area (Å²) in [6.07, 6.45) is 0.893. The molecule has 0 unspecified atom stereocenters. The van der Waals surface area contributed by atoms with Gasteiger partial charge in [0.25, 0.3) is 0 Å². The van der Waals surface area contributed by atoms with Gasteiger partial charge in [0.05, 0.1) is 0 Å². The van der Waals surface area contributed by atoms with Crippen molar-refractivity contribution in [1.29, 1.82) is 0 Å². The predicted octanol–water partition coefficient (Wildman–Crippen LogP) is 1.88. The molecule has 5 nitrogen and oxygen atoms in total. The number of amides is 2. The second kappa shape index (κ2) is 7.50. The number of carbonyl (C=O) groups excluding carboxylic acids is 1. The van der Waals surface area contributed by atoms with Gasteiger partial charge in [0.2, 0.25) is 0 Å². The highest BCUT2D eigenvalue weighted by molar-refractivity contribution is 7.80. The van der Waals surface area contributed by atoms with Gasteiger partial charge < -0.3 is 21.1 Å². The second-order valence-electron chi connectivity index (χ2n) is 3.66. The van der Waals surface area contributed by atoms with E-state index in [2.05, 4.69) is 10.6 Å². The molecule has 0 bridgehead atoms. The van der Waals surface area contributed by atoms with Crippen LogP contribution in [0.15, 0.2) is 24.3 Å². The molecule has 0 radical (unpaired) electrons. The number of carbonyl (C=O) groups is 1. The van der Waals surface area contributed by atoms with Crippen LogP contribution >= 0.6 is 12.2 Å². The first-order chi connectivity index (χ1) is 8.61. The number of rotatable bonds is 6. The average molecular weight is 267 g/mol. The van der Waals surface area contributed by atoms with Crippen LogP contribution in [0.3, 0.4) is 0 Å². The first kappa shape index (κ1) is 14.2. The molecule has 0 aliphatic heterocycles. The third kappa shape index (κ3) is 5.49. The van der Waals surface area contributed by atoms with E-state index in [1.54, 1.807) is 24.3 Å². The van der Waals surface area contributed by atoms with Crippen LogP contribution in [0.5, 0.6) is 5.75 Å². The first-order valence-corrected chi connectivity index (χ1v) is 6.08. The zero-order chi connectivity index (χ0) is 13.4. The molecule has 1 aromatic carbocycles. The summed E-state index contributed by atoms with van der Waals surface area (Å²) in [6.45, 7) is 2.81. The minimum Gasteiger partial charge on any atom is -0.486 e. The van der Waals surface area contributed by atoms with Gasteiger partial charge in [-0.25, -0.2) is 4.79 Å². The number of benzene rings is 1. The lowest BCUT2D eigenvalue weighted by Gasteiger charge is -2.09. The molecular weight excluding hydrogens is 250 g/mol. The van der Waals surface area contributed by atoms with Gasteiger partial charge in [0.1, 0.15) is 17.3 Å². The standard InChI is InChI=1S/C12H17N3O2S/c1-2-6-14-12(16)15-9-4-3-5-10(7-9)17-8-11(13)18/h3-5,7H,2,6,8H2,1H3,(H2,13,18)(H2,14,15,16). The Hall–Kier alpha value is -1.82. The first-order valence-electron chi connectivity index (χ1n) is 5.68. The molecule has 2 amide bonds. The van der Waals surface area contributed by atoms with Crippen LogP contribution < -0.4 is 21.1 Å². The van der Waals surface area contributed by atoms with E-state index < -0.39 is 0 Å². The largest absolute Gasteiger partial charge is 0.486 e. The molecule has 0 heterocycles. The summed E-state index contributed by atoms with van der Waals surface area (Å²) in [4.78, 5) is 11.7. The summed E-state index contributed by atoms with van der Waals surface area (Å²) < 4.78 is 5.33. The number of anilines is 1. The van der Waals surface area contributed by atoms with E-state index in [1.165, 1.54) is 0 Å². The lowest BCUT2D eigenvalue weighted by molar-refractivity contribution is 0.252. The Morgan fingerprint density at radius 1 is 1.50 bits per heavy atom. The molecule has 0 spiro atoms. The Labute approximate surface area is 112 Å². The number of hydrogen-bond acceptors (Lipinski definition) is 3. The molecule has 0 aromatic heterocycles. The summed E-state index contributed by atoms with van der Waals surface area (Å²) in [5.74, 6) is 0.607. The molecule has 18 heavy (non-hydrogen) atoms. The summed E-state index contributed by atoms with van der Waals surface area (Å²) in [7, 11) is 0. The van der Waals surface area contributed by atoms with Crippen LogP contribution in [-0.4, -0.2) is 24.2 Å². The van der Waals surface area contributed by atoms with Gasteiger partial charge in [0.15, 0.2) is 0 Å². The van der Waals surface area contributed by atoms with Crippen molar-refractivity contribution in [2.24, 2.45) is 5.73 Å². The minimum absolute atomic E-state index is 0.181. The molecule has 0 aliphatic carbocycles. The fourth-order valence-electron chi connectivity index (χ4n) is 1.23. The quantitative estimate of drug-likeness (QED) is 0.688. The fourth-order valence-corrected chi connectivity index (χ4v) is 1.29. The number of ether oxygens (including phenoxy) is 1. The summed E-state index contributed by atoms with van der Waals surface area (Å²) >= 11 is 4.72. The monoisotopic (exact) mass is 267 g/mol. The number of thiocarbonyl (C=S) groups is 1. The van der Waals surface area contributed by atoms with Crippen molar-refractivity contribution in [2.45, 2.75) is 13.3 Å². The fraction of sp³-hybridized carbons (Fsp3) is 0.333. The van der Waals surface area contributed by atoms with Gasteiger partial charge >= 0.3 is 6.03 Å². The van der Waals surface area contributed by atoms with Crippen LogP contribution in [0.2, 0.25) is 0 Å². The summed E-state index contributed by atoms with van der Waals surface area (Å²) in [6, 6.07) is 6.81. The van der Waals surface area contributed by atoms with Gasteiger partial charge in [-0.1, -0.05) is 25.2 Å². The van der Waals surface area contributed by atoms with Crippen LogP contribution in [0.4, 0.5) is 10.5 Å². The highest BCUT2D eigenvalue weighted by Crippen LogP contribution is 2.17. The molecule has 6 heteroatoms. The van der Waals surface area contributed by atoms with Gasteiger partial charge in [-0.3, -0.25) is 0 Å². The third-order valence-corrected chi connectivity index (χ3v) is 2.13. The van der Waals surface area contributed by atoms with E-state index in [1.807, 2.05) is 6.92 Å². The lowest BCUT2D eigenvalue weighted by atomic mass is 10.3. The Kier molecular flexibility index (Phi) is 5.93. The van der Waals surface area contributed by atoms with Crippen molar-refractivity contribution in [3.63, 3.8) is 0 Å². The van der Waals surface area contributed by atoms with E-state index in [4.69, 9.17) is 22.7 Å². The smallest absolute Gasteiger partial charge is 0.319 e. The lowest BCUT2D eigenvalue weighted by Crippen LogP contribution is -2.29. The zero-order valence-electron chi connectivity index (χ0n) is 10.2. The maximum atomic E-state index is 11.4. The van der Waals surface area contributed by atoms with Crippen molar-refractivity contribution in [3.05, 3.63) is 24.3 Å². The number of urea groups is 1. The Bertz CT molecular complexity index is 424. The molecule has 0 fully saturated rings. The van der Waals surface area contributed by atoms with Crippen LogP contribution in [-0.2, 0) is 0 Å². The van der Waals surface area contributed by atoms with E-state index in [0.717, 1.165) is 6.42 Å². The third-order valence-electron chi connectivity index (χ3n) is 2.01. The molecule has 0 saturated heterocycles. The van der Waals surface area contributed by atoms with Gasteiger partial charge in [-0.2, -0.15) is 0 Å². The topological polar surface area (TPSA) is 76.4 Å². The van der Waals surface area contributed by atoms with Gasteiger partial charge in [-0.05, 0) is 18.6 Å². The highest BCUT2D eigenvalue weighted by atomic mass is 32.1. The van der Waals surface area contributed by atoms with Crippen molar-refractivity contribution in [2.75, 3.05) is 18.5 Å². The van der Waals surface area contributed by atoms with Crippen LogP contribution in [0, 0.1) is 0 Å². The minimum atomic E-state index is -0.233. The molecule has 1 rings (SSSR count). The van der Waals surface area contributed by atoms with E-state index in [9.17, 15) is 4.79 Å². The molecule has 0 atom stereocenters. The van der Waals surface area contributed by atoms with Crippen LogP contribution in [0.25, 0.3) is 0 Å². The summed E-state index contributed by atoms with van der Waals surface area (Å²) in [5.41, 5.74) is 6.00. The van der Waals surface area contributed by atoms with Gasteiger partial charge in [-0.15, -0.1) is 0 Å². The van der Waals surface area contributed by atoms with E-state index in [-0.39, 0.29) is 17.6 Å². The summed E-state index contributed by atoms with van der Waals surface area (Å²) in [5, 5.41) is 5.43. The molecule has 98 valence electrons. The highest BCUT2D eigenvalue weighted by Gasteiger charge is 2.02. The second-order valence-corrected chi connectivity index (χ2v) is 4.19. The van der Waals surface area contributed by atoms with E-state index >= 15 is 0 Å². The Balaban J connectivity index is 2.53. The number of hydrogen-bond donors (Lipinski definition) is 3. The Morgan fingerprint density at radius 2 is 2.28 bits per heavy atom. The van der Waals surface area contributed by atoms with Crippen molar-refractivity contribution in [3.8, 4) is 5.75 Å². The van der Waals surface area contributed by atoms with Crippen molar-refractivity contribution in [1.82, 2.24) is 5.32 Å².